The maximum Gasteiger partial charge on any atom is 0.354 e. The maximum absolute atomic E-state index is 12.3. The normalized spacial score (nSPS) is 16.1. The van der Waals surface area contributed by atoms with E-state index >= 15 is 0 Å². The molecule has 0 unspecified atom stereocenters. The summed E-state index contributed by atoms with van der Waals surface area (Å²) >= 11 is 0. The number of carbonyl (C=O) groups excluding carboxylic acids is 1. The van der Waals surface area contributed by atoms with Crippen LogP contribution >= 0.6 is 0 Å². The Kier molecular flexibility index (Phi) is 4.68. The van der Waals surface area contributed by atoms with Gasteiger partial charge in [-0.15, -0.1) is 0 Å². The molecular weight excluding hydrogens is 260 g/mol. The molecule has 1 saturated heterocycles. The number of rotatable bonds is 4. The van der Waals surface area contributed by atoms with Crippen LogP contribution in [0.2, 0.25) is 0 Å². The van der Waals surface area contributed by atoms with E-state index in [1.807, 2.05) is 6.92 Å². The number of carbonyl (C=O) groups is 2. The summed E-state index contributed by atoms with van der Waals surface area (Å²) in [5.74, 6) is -1.35. The number of amides is 1. The van der Waals surface area contributed by atoms with Gasteiger partial charge in [0.05, 0.1) is 6.10 Å². The van der Waals surface area contributed by atoms with E-state index in [-0.39, 0.29) is 23.4 Å². The highest BCUT2D eigenvalue weighted by Crippen LogP contribution is 2.15. The van der Waals surface area contributed by atoms with Crippen LogP contribution in [0.3, 0.4) is 0 Å². The maximum atomic E-state index is 12.3. The average molecular weight is 278 g/mol. The fraction of sp³-hybridized carbons (Fsp3) is 0.500. The monoisotopic (exact) mass is 278 g/mol. The number of likely N-dealkylation sites (tertiary alicyclic amines) is 1. The van der Waals surface area contributed by atoms with Gasteiger partial charge < -0.3 is 14.7 Å². The van der Waals surface area contributed by atoms with Gasteiger partial charge in [0.15, 0.2) is 0 Å². The number of carboxylic acids is 1. The minimum absolute atomic E-state index is 0.111. The van der Waals surface area contributed by atoms with Crippen molar-refractivity contribution in [3.05, 3.63) is 29.6 Å². The molecule has 0 atom stereocenters. The molecule has 1 aromatic heterocycles. The Hall–Kier alpha value is -1.95. The third kappa shape index (κ3) is 3.33. The minimum atomic E-state index is -1.13. The van der Waals surface area contributed by atoms with Crippen molar-refractivity contribution in [1.29, 1.82) is 0 Å². The fourth-order valence-corrected chi connectivity index (χ4v) is 2.30. The number of piperidine rings is 1. The van der Waals surface area contributed by atoms with Crippen LogP contribution in [0.5, 0.6) is 0 Å². The third-order valence-corrected chi connectivity index (χ3v) is 3.32. The van der Waals surface area contributed by atoms with Crippen LogP contribution in [0.15, 0.2) is 18.2 Å². The van der Waals surface area contributed by atoms with Gasteiger partial charge in [-0.2, -0.15) is 0 Å². The molecule has 108 valence electrons. The summed E-state index contributed by atoms with van der Waals surface area (Å²) < 4.78 is 5.54. The Morgan fingerprint density at radius 2 is 2.00 bits per heavy atom. The SMILES string of the molecule is CCOC1CCN(C(=O)c2cccc(C(=O)O)n2)CC1. The van der Waals surface area contributed by atoms with Crippen molar-refractivity contribution in [2.75, 3.05) is 19.7 Å². The highest BCUT2D eigenvalue weighted by molar-refractivity contribution is 5.94. The smallest absolute Gasteiger partial charge is 0.354 e. The zero-order valence-corrected chi connectivity index (χ0v) is 11.4. The number of ether oxygens (including phenoxy) is 1. The van der Waals surface area contributed by atoms with Gasteiger partial charge in [-0.05, 0) is 31.9 Å². The lowest BCUT2D eigenvalue weighted by Crippen LogP contribution is -2.41. The number of hydrogen-bond acceptors (Lipinski definition) is 4. The van der Waals surface area contributed by atoms with Gasteiger partial charge in [0.2, 0.25) is 0 Å². The molecule has 0 aromatic carbocycles. The molecule has 20 heavy (non-hydrogen) atoms. The van der Waals surface area contributed by atoms with E-state index in [0.717, 1.165) is 12.8 Å². The minimum Gasteiger partial charge on any atom is -0.477 e. The number of aromatic carboxylic acids is 1. The van der Waals surface area contributed by atoms with Crippen LogP contribution in [-0.4, -0.2) is 52.7 Å². The van der Waals surface area contributed by atoms with E-state index in [2.05, 4.69) is 4.98 Å². The molecule has 0 saturated carbocycles. The molecule has 1 N–H and O–H groups in total. The number of aromatic nitrogens is 1. The highest BCUT2D eigenvalue weighted by Gasteiger charge is 2.24. The lowest BCUT2D eigenvalue weighted by atomic mass is 10.1. The summed E-state index contributed by atoms with van der Waals surface area (Å²) in [6.07, 6.45) is 1.82. The van der Waals surface area contributed by atoms with Crippen LogP contribution < -0.4 is 0 Å². The van der Waals surface area contributed by atoms with Gasteiger partial charge in [0.25, 0.3) is 5.91 Å². The van der Waals surface area contributed by atoms with Crippen molar-refractivity contribution in [3.8, 4) is 0 Å². The Morgan fingerprint density at radius 3 is 2.60 bits per heavy atom. The predicted octanol–water partition coefficient (Wildman–Crippen LogP) is 1.42. The average Bonchev–Trinajstić information content (AvgIpc) is 2.48. The third-order valence-electron chi connectivity index (χ3n) is 3.32. The summed E-state index contributed by atoms with van der Waals surface area (Å²) in [4.78, 5) is 28.7. The van der Waals surface area contributed by atoms with Crippen LogP contribution in [-0.2, 0) is 4.74 Å². The van der Waals surface area contributed by atoms with Crippen molar-refractivity contribution < 1.29 is 19.4 Å². The number of nitrogens with zero attached hydrogens (tertiary/aromatic N) is 2. The lowest BCUT2D eigenvalue weighted by Gasteiger charge is -2.31. The van der Waals surface area contributed by atoms with E-state index in [0.29, 0.717) is 19.7 Å². The predicted molar refractivity (Wildman–Crippen MR) is 71.7 cm³/mol. The Balaban J connectivity index is 2.02. The first kappa shape index (κ1) is 14.5. The fourth-order valence-electron chi connectivity index (χ4n) is 2.30. The molecule has 1 amide bonds. The molecule has 6 heteroatoms. The standard InChI is InChI=1S/C14H18N2O4/c1-2-20-10-6-8-16(9-7-10)13(17)11-4-3-5-12(15-11)14(18)19/h3-5,10H,2,6-9H2,1H3,(H,18,19). The van der Waals surface area contributed by atoms with Gasteiger partial charge in [-0.25, -0.2) is 9.78 Å². The highest BCUT2D eigenvalue weighted by atomic mass is 16.5. The summed E-state index contributed by atoms with van der Waals surface area (Å²) in [7, 11) is 0. The van der Waals surface area contributed by atoms with Crippen LogP contribution in [0.4, 0.5) is 0 Å². The molecule has 1 aromatic rings. The molecule has 1 aliphatic heterocycles. The van der Waals surface area contributed by atoms with Crippen molar-refractivity contribution >= 4 is 11.9 Å². The first-order valence-corrected chi connectivity index (χ1v) is 6.73. The van der Waals surface area contributed by atoms with E-state index < -0.39 is 5.97 Å². The molecular formula is C14H18N2O4. The molecule has 1 aliphatic rings. The first-order valence-electron chi connectivity index (χ1n) is 6.73. The van der Waals surface area contributed by atoms with Crippen molar-refractivity contribution in [2.45, 2.75) is 25.9 Å². The summed E-state index contributed by atoms with van der Waals surface area (Å²) in [6.45, 7) is 3.87. The van der Waals surface area contributed by atoms with E-state index in [1.54, 1.807) is 11.0 Å². The molecule has 0 aliphatic carbocycles. The quantitative estimate of drug-likeness (QED) is 0.901. The lowest BCUT2D eigenvalue weighted by molar-refractivity contribution is 0.0144. The van der Waals surface area contributed by atoms with E-state index in [1.165, 1.54) is 12.1 Å². The van der Waals surface area contributed by atoms with Gasteiger partial charge in [0, 0.05) is 19.7 Å². The molecule has 1 fully saturated rings. The molecule has 0 bridgehead atoms. The number of carboxylic acid groups (broad SMARTS) is 1. The Labute approximate surface area is 117 Å². The summed E-state index contributed by atoms with van der Waals surface area (Å²) in [5.41, 5.74) is 0.0693. The molecule has 0 radical (unpaired) electrons. The largest absolute Gasteiger partial charge is 0.477 e. The summed E-state index contributed by atoms with van der Waals surface area (Å²) in [5, 5.41) is 8.89. The topological polar surface area (TPSA) is 79.7 Å². The zero-order valence-electron chi connectivity index (χ0n) is 11.4. The van der Waals surface area contributed by atoms with Crippen molar-refractivity contribution in [2.24, 2.45) is 0 Å². The van der Waals surface area contributed by atoms with Crippen LogP contribution in [0.1, 0.15) is 40.7 Å². The van der Waals surface area contributed by atoms with Gasteiger partial charge in [-0.3, -0.25) is 4.79 Å². The van der Waals surface area contributed by atoms with Gasteiger partial charge in [0.1, 0.15) is 11.4 Å². The van der Waals surface area contributed by atoms with E-state index in [4.69, 9.17) is 9.84 Å². The van der Waals surface area contributed by atoms with Crippen LogP contribution in [0.25, 0.3) is 0 Å². The van der Waals surface area contributed by atoms with Crippen LogP contribution in [0, 0.1) is 0 Å². The second-order valence-corrected chi connectivity index (χ2v) is 4.66. The second-order valence-electron chi connectivity index (χ2n) is 4.66. The van der Waals surface area contributed by atoms with Crippen molar-refractivity contribution in [1.82, 2.24) is 9.88 Å². The molecule has 6 nitrogen and oxygen atoms in total. The van der Waals surface area contributed by atoms with E-state index in [9.17, 15) is 9.59 Å². The molecule has 2 rings (SSSR count). The van der Waals surface area contributed by atoms with Crippen molar-refractivity contribution in [3.63, 3.8) is 0 Å². The van der Waals surface area contributed by atoms with Gasteiger partial charge in [-0.1, -0.05) is 6.07 Å². The Morgan fingerprint density at radius 1 is 1.35 bits per heavy atom. The Bertz CT molecular complexity index is 496. The second kappa shape index (κ2) is 6.47. The molecule has 2 heterocycles. The molecule has 0 spiro atoms. The zero-order chi connectivity index (χ0) is 14.5. The van der Waals surface area contributed by atoms with Gasteiger partial charge >= 0.3 is 5.97 Å². The number of hydrogen-bond donors (Lipinski definition) is 1. The summed E-state index contributed by atoms with van der Waals surface area (Å²) in [6, 6.07) is 4.46. The number of pyridine rings is 1. The first-order chi connectivity index (χ1) is 9.61.